The zero-order chi connectivity index (χ0) is 19.7. The molecule has 3 unspecified atom stereocenters. The second kappa shape index (κ2) is 7.94. The molecule has 1 N–H and O–H groups in total. The predicted molar refractivity (Wildman–Crippen MR) is 83.9 cm³/mol. The molecule has 0 amide bonds. The zero-order valence-corrected chi connectivity index (χ0v) is 15.6. The van der Waals surface area contributed by atoms with Crippen LogP contribution in [0.3, 0.4) is 0 Å². The van der Waals surface area contributed by atoms with Crippen LogP contribution in [0.4, 0.5) is 26.4 Å². The van der Waals surface area contributed by atoms with E-state index in [2.05, 4.69) is 9.97 Å². The summed E-state index contributed by atoms with van der Waals surface area (Å²) in [5.74, 6) is -9.25. The largest absolute Gasteiger partial charge is 1.00 e. The number of aromatic amines is 1. The first kappa shape index (κ1) is 21.9. The second-order valence-corrected chi connectivity index (χ2v) is 5.82. The highest BCUT2D eigenvalue weighted by molar-refractivity contribution is 5.43. The van der Waals surface area contributed by atoms with Crippen molar-refractivity contribution in [1.29, 1.82) is 0 Å². The third-order valence-electron chi connectivity index (χ3n) is 4.25. The van der Waals surface area contributed by atoms with Crippen LogP contribution in [-0.2, 0) is 5.79 Å². The summed E-state index contributed by atoms with van der Waals surface area (Å²) in [6.45, 7) is 0. The van der Waals surface area contributed by atoms with Gasteiger partial charge in [-0.3, -0.25) is 4.98 Å². The lowest BCUT2D eigenvalue weighted by molar-refractivity contribution is -0.377. The number of rotatable bonds is 1. The van der Waals surface area contributed by atoms with Gasteiger partial charge in [-0.1, -0.05) is 22.7 Å². The number of pyridine rings is 2. The Bertz CT molecular complexity index is 824. The Balaban J connectivity index is 0.000000344. The van der Waals surface area contributed by atoms with Gasteiger partial charge in [0.25, 0.3) is 5.67 Å². The minimum atomic E-state index is -5.01. The molecular weight excluding hydrogens is 452 g/mol. The van der Waals surface area contributed by atoms with Crippen LogP contribution in [0, 0.1) is 0 Å². The van der Waals surface area contributed by atoms with Crippen LogP contribution in [0.5, 0.6) is 0 Å². The average molecular weight is 466 g/mol. The first-order chi connectivity index (χ1) is 12.8. The summed E-state index contributed by atoms with van der Waals surface area (Å²) in [7, 11) is 0. The fraction of sp³-hybridized carbons (Fsp3) is 0.222. The molecule has 28 heavy (non-hydrogen) atoms. The SMILES string of the molecule is FC1C=CC=C2N(F)C(F)(c3ccccn3)C(F)(F)C21F.[Br-].c1cc[nH+]cc1. The molecule has 150 valence electrons. The maximum absolute atomic E-state index is 14.8. The molecule has 0 aromatic carbocycles. The lowest BCUT2D eigenvalue weighted by Crippen LogP contribution is -3.00. The summed E-state index contributed by atoms with van der Waals surface area (Å²) >= 11 is 0. The Morgan fingerprint density at radius 1 is 1.00 bits per heavy atom. The van der Waals surface area contributed by atoms with Crippen molar-refractivity contribution >= 4 is 0 Å². The van der Waals surface area contributed by atoms with Gasteiger partial charge in [-0.05, 0) is 24.3 Å². The van der Waals surface area contributed by atoms with E-state index < -0.39 is 40.1 Å². The molecule has 3 heterocycles. The topological polar surface area (TPSA) is 30.3 Å². The van der Waals surface area contributed by atoms with Gasteiger partial charge in [0.05, 0.1) is 5.70 Å². The van der Waals surface area contributed by atoms with Crippen LogP contribution < -0.4 is 22.0 Å². The Labute approximate surface area is 167 Å². The molecule has 2 aromatic rings. The summed E-state index contributed by atoms with van der Waals surface area (Å²) in [6.07, 6.45) is 3.73. The van der Waals surface area contributed by atoms with E-state index in [1.165, 1.54) is 6.07 Å². The fourth-order valence-electron chi connectivity index (χ4n) is 2.87. The summed E-state index contributed by atoms with van der Waals surface area (Å²) in [5, 5.41) is -1.08. The van der Waals surface area contributed by atoms with Gasteiger partial charge in [0.1, 0.15) is 5.69 Å². The van der Waals surface area contributed by atoms with Gasteiger partial charge < -0.3 is 17.0 Å². The number of halogens is 7. The lowest BCUT2D eigenvalue weighted by atomic mass is 9.85. The molecule has 3 nitrogen and oxygen atoms in total. The van der Waals surface area contributed by atoms with E-state index in [-0.39, 0.29) is 17.0 Å². The Morgan fingerprint density at radius 3 is 2.14 bits per heavy atom. The van der Waals surface area contributed by atoms with Gasteiger partial charge in [-0.2, -0.15) is 13.9 Å². The quantitative estimate of drug-likeness (QED) is 0.358. The standard InChI is InChI=1S/C13H8F6N2.C5H5N.BrH/c14-8-4-3-6-10-11(8,15)13(17,18)12(16,21(10)19)9-5-1-2-7-20-9;1-2-4-6-5-3-1;/h1-8H;1-5H;1H. The van der Waals surface area contributed by atoms with E-state index in [0.717, 1.165) is 24.4 Å². The van der Waals surface area contributed by atoms with Gasteiger partial charge in [0.15, 0.2) is 18.6 Å². The minimum absolute atomic E-state index is 0. The maximum atomic E-state index is 14.8. The van der Waals surface area contributed by atoms with Gasteiger partial charge in [-0.25, -0.2) is 18.2 Å². The highest BCUT2D eigenvalue weighted by Gasteiger charge is 2.84. The summed E-state index contributed by atoms with van der Waals surface area (Å²) < 4.78 is 85.8. The molecule has 10 heteroatoms. The number of aromatic nitrogens is 2. The lowest BCUT2D eigenvalue weighted by Gasteiger charge is -2.32. The molecule has 1 fully saturated rings. The molecule has 4 rings (SSSR count). The molecule has 0 bridgehead atoms. The number of hydrogen-bond acceptors (Lipinski definition) is 2. The number of allylic oxidation sites excluding steroid dienone is 4. The molecule has 0 saturated carbocycles. The highest BCUT2D eigenvalue weighted by Crippen LogP contribution is 2.63. The molecule has 1 aliphatic carbocycles. The number of nitrogens with zero attached hydrogens (tertiary/aromatic N) is 2. The van der Waals surface area contributed by atoms with Crippen LogP contribution in [0.15, 0.2) is 78.9 Å². The first-order valence-corrected chi connectivity index (χ1v) is 7.85. The molecule has 2 aliphatic rings. The normalized spacial score (nSPS) is 29.7. The third kappa shape index (κ3) is 2.99. The molecule has 3 atom stereocenters. The minimum Gasteiger partial charge on any atom is -1.00 e. The van der Waals surface area contributed by atoms with Crippen molar-refractivity contribution in [3.8, 4) is 0 Å². The summed E-state index contributed by atoms with van der Waals surface area (Å²) in [6, 6.07) is 9.07. The summed E-state index contributed by atoms with van der Waals surface area (Å²) in [4.78, 5) is 6.21. The third-order valence-corrected chi connectivity index (χ3v) is 4.25. The van der Waals surface area contributed by atoms with Crippen molar-refractivity contribution in [2.24, 2.45) is 0 Å². The molecular formula is C18H14BrF6N3. The van der Waals surface area contributed by atoms with Crippen LogP contribution in [0.2, 0.25) is 0 Å². The average Bonchev–Trinajstić information content (AvgIpc) is 2.82. The number of hydrogen-bond donors (Lipinski definition) is 0. The Morgan fingerprint density at radius 2 is 1.68 bits per heavy atom. The number of fused-ring (bicyclic) bond motifs is 1. The molecule has 0 radical (unpaired) electrons. The van der Waals surface area contributed by atoms with Crippen molar-refractivity contribution < 1.29 is 48.4 Å². The van der Waals surface area contributed by atoms with E-state index in [1.54, 1.807) is 0 Å². The zero-order valence-electron chi connectivity index (χ0n) is 14.0. The maximum Gasteiger partial charge on any atom is 0.350 e. The smallest absolute Gasteiger partial charge is 0.350 e. The van der Waals surface area contributed by atoms with Crippen LogP contribution in [-0.4, -0.2) is 27.9 Å². The number of alkyl halides is 5. The van der Waals surface area contributed by atoms with Gasteiger partial charge in [0.2, 0.25) is 0 Å². The van der Waals surface area contributed by atoms with Crippen LogP contribution in [0.1, 0.15) is 5.69 Å². The summed E-state index contributed by atoms with van der Waals surface area (Å²) in [5.41, 5.74) is -6.59. The predicted octanol–water partition coefficient (Wildman–Crippen LogP) is 1.04. The fourth-order valence-corrected chi connectivity index (χ4v) is 2.87. The van der Waals surface area contributed by atoms with Crippen molar-refractivity contribution in [2.75, 3.05) is 0 Å². The Hall–Kier alpha value is -2.36. The van der Waals surface area contributed by atoms with Gasteiger partial charge in [0, 0.05) is 18.3 Å². The molecule has 1 aliphatic heterocycles. The number of H-pyrrole nitrogens is 1. The van der Waals surface area contributed by atoms with Crippen molar-refractivity contribution in [1.82, 2.24) is 10.1 Å². The molecule has 2 aromatic heterocycles. The van der Waals surface area contributed by atoms with E-state index in [9.17, 15) is 26.4 Å². The second-order valence-electron chi connectivity index (χ2n) is 5.82. The van der Waals surface area contributed by atoms with Gasteiger partial charge in [-0.15, -0.1) is 0 Å². The van der Waals surface area contributed by atoms with E-state index in [4.69, 9.17) is 0 Å². The van der Waals surface area contributed by atoms with Crippen LogP contribution >= 0.6 is 0 Å². The van der Waals surface area contributed by atoms with Gasteiger partial charge >= 0.3 is 11.7 Å². The monoisotopic (exact) mass is 465 g/mol. The Kier molecular flexibility index (Phi) is 6.22. The first-order valence-electron chi connectivity index (χ1n) is 7.85. The van der Waals surface area contributed by atoms with Crippen LogP contribution in [0.25, 0.3) is 0 Å². The van der Waals surface area contributed by atoms with Crippen molar-refractivity contribution in [3.05, 3.63) is 84.6 Å². The molecule has 1 saturated heterocycles. The van der Waals surface area contributed by atoms with E-state index in [1.807, 2.05) is 30.6 Å². The number of nitrogens with one attached hydrogen (secondary N) is 1. The van der Waals surface area contributed by atoms with E-state index >= 15 is 0 Å². The highest BCUT2D eigenvalue weighted by atomic mass is 79.9. The van der Waals surface area contributed by atoms with Crippen molar-refractivity contribution in [3.63, 3.8) is 0 Å². The van der Waals surface area contributed by atoms with Crippen molar-refractivity contribution in [2.45, 2.75) is 23.6 Å². The van der Waals surface area contributed by atoms with E-state index in [0.29, 0.717) is 12.2 Å². The molecule has 0 spiro atoms.